The zero-order chi connectivity index (χ0) is 12.0. The van der Waals surface area contributed by atoms with Gasteiger partial charge in [0.15, 0.2) is 6.10 Å². The molecule has 3 N–H and O–H groups in total. The van der Waals surface area contributed by atoms with Crippen LogP contribution in [0.2, 0.25) is 0 Å². The van der Waals surface area contributed by atoms with Crippen molar-refractivity contribution in [3.05, 3.63) is 24.3 Å². The standard InChI is InChI=1S/C12H18N2O2/c1-3-7-14-12(15)9(2)16-11-6-4-5-10(13)8-11/h4-6,8-9H,3,7,13H2,1-2H3,(H,14,15). The van der Waals surface area contributed by atoms with Crippen molar-refractivity contribution in [2.45, 2.75) is 26.4 Å². The minimum atomic E-state index is -0.506. The molecular weight excluding hydrogens is 204 g/mol. The maximum Gasteiger partial charge on any atom is 0.260 e. The van der Waals surface area contributed by atoms with Crippen LogP contribution in [0.1, 0.15) is 20.3 Å². The number of amides is 1. The molecule has 88 valence electrons. The van der Waals surface area contributed by atoms with E-state index in [0.717, 1.165) is 6.42 Å². The summed E-state index contributed by atoms with van der Waals surface area (Å²) in [5.41, 5.74) is 6.23. The van der Waals surface area contributed by atoms with Gasteiger partial charge in [-0.15, -0.1) is 0 Å². The largest absolute Gasteiger partial charge is 0.481 e. The highest BCUT2D eigenvalue weighted by molar-refractivity contribution is 5.80. The van der Waals surface area contributed by atoms with Gasteiger partial charge in [0, 0.05) is 18.3 Å². The molecule has 0 spiro atoms. The third-order valence-corrected chi connectivity index (χ3v) is 2.09. The third-order valence-electron chi connectivity index (χ3n) is 2.09. The van der Waals surface area contributed by atoms with E-state index < -0.39 is 6.10 Å². The summed E-state index contributed by atoms with van der Waals surface area (Å²) in [4.78, 5) is 11.5. The highest BCUT2D eigenvalue weighted by Gasteiger charge is 2.13. The zero-order valence-electron chi connectivity index (χ0n) is 9.69. The Morgan fingerprint density at radius 2 is 2.31 bits per heavy atom. The topological polar surface area (TPSA) is 64.3 Å². The Labute approximate surface area is 95.8 Å². The highest BCUT2D eigenvalue weighted by Crippen LogP contribution is 2.15. The van der Waals surface area contributed by atoms with Crippen LogP contribution in [0.3, 0.4) is 0 Å². The van der Waals surface area contributed by atoms with Gasteiger partial charge in [0.1, 0.15) is 5.75 Å². The number of nitrogen functional groups attached to an aromatic ring is 1. The predicted molar refractivity (Wildman–Crippen MR) is 64.2 cm³/mol. The van der Waals surface area contributed by atoms with Crippen molar-refractivity contribution in [1.29, 1.82) is 0 Å². The molecule has 0 bridgehead atoms. The van der Waals surface area contributed by atoms with Crippen molar-refractivity contribution in [3.63, 3.8) is 0 Å². The Kier molecular flexibility index (Phi) is 4.64. The molecule has 0 saturated carbocycles. The fourth-order valence-corrected chi connectivity index (χ4v) is 1.24. The van der Waals surface area contributed by atoms with Gasteiger partial charge in [-0.1, -0.05) is 13.0 Å². The number of nitrogens with one attached hydrogen (secondary N) is 1. The number of carbonyl (C=O) groups is 1. The van der Waals surface area contributed by atoms with Crippen LogP contribution in [0.4, 0.5) is 5.69 Å². The van der Waals surface area contributed by atoms with E-state index in [1.54, 1.807) is 31.2 Å². The second kappa shape index (κ2) is 6.00. The Morgan fingerprint density at radius 1 is 1.56 bits per heavy atom. The Balaban J connectivity index is 2.50. The first kappa shape index (κ1) is 12.4. The van der Waals surface area contributed by atoms with Gasteiger partial charge in [0.05, 0.1) is 0 Å². The SMILES string of the molecule is CCCNC(=O)C(C)Oc1cccc(N)c1. The minimum Gasteiger partial charge on any atom is -0.481 e. The van der Waals surface area contributed by atoms with Gasteiger partial charge < -0.3 is 15.8 Å². The molecule has 4 heteroatoms. The number of benzene rings is 1. The molecule has 1 amide bonds. The monoisotopic (exact) mass is 222 g/mol. The van der Waals surface area contributed by atoms with E-state index in [2.05, 4.69) is 5.32 Å². The fourth-order valence-electron chi connectivity index (χ4n) is 1.24. The fraction of sp³-hybridized carbons (Fsp3) is 0.417. The summed E-state index contributed by atoms with van der Waals surface area (Å²) in [5.74, 6) is 0.503. The van der Waals surface area contributed by atoms with Gasteiger partial charge in [0.25, 0.3) is 5.91 Å². The highest BCUT2D eigenvalue weighted by atomic mass is 16.5. The summed E-state index contributed by atoms with van der Waals surface area (Å²) >= 11 is 0. The molecule has 0 aliphatic heterocycles. The number of rotatable bonds is 5. The number of hydrogen-bond donors (Lipinski definition) is 2. The van der Waals surface area contributed by atoms with Gasteiger partial charge in [-0.3, -0.25) is 4.79 Å². The van der Waals surface area contributed by atoms with Gasteiger partial charge in [0.2, 0.25) is 0 Å². The number of ether oxygens (including phenoxy) is 1. The Bertz CT molecular complexity index is 353. The summed E-state index contributed by atoms with van der Waals surface area (Å²) in [5, 5.41) is 2.77. The number of anilines is 1. The van der Waals surface area contributed by atoms with Crippen LogP contribution in [-0.2, 0) is 4.79 Å². The molecule has 0 heterocycles. The van der Waals surface area contributed by atoms with E-state index in [4.69, 9.17) is 10.5 Å². The maximum absolute atomic E-state index is 11.5. The van der Waals surface area contributed by atoms with E-state index in [0.29, 0.717) is 18.0 Å². The van der Waals surface area contributed by atoms with Crippen molar-refractivity contribution in [2.75, 3.05) is 12.3 Å². The second-order valence-corrected chi connectivity index (χ2v) is 3.62. The average molecular weight is 222 g/mol. The van der Waals surface area contributed by atoms with Crippen LogP contribution in [0.5, 0.6) is 5.75 Å². The second-order valence-electron chi connectivity index (χ2n) is 3.62. The molecule has 0 aliphatic rings. The lowest BCUT2D eigenvalue weighted by Crippen LogP contribution is -2.36. The normalized spacial score (nSPS) is 11.9. The zero-order valence-corrected chi connectivity index (χ0v) is 9.69. The number of hydrogen-bond acceptors (Lipinski definition) is 3. The predicted octanol–water partition coefficient (Wildman–Crippen LogP) is 1.56. The van der Waals surface area contributed by atoms with Gasteiger partial charge in [-0.2, -0.15) is 0 Å². The number of nitrogens with two attached hydrogens (primary N) is 1. The molecule has 0 fully saturated rings. The summed E-state index contributed by atoms with van der Waals surface area (Å²) in [7, 11) is 0. The van der Waals surface area contributed by atoms with E-state index in [-0.39, 0.29) is 5.91 Å². The van der Waals surface area contributed by atoms with Gasteiger partial charge in [-0.25, -0.2) is 0 Å². The first-order chi connectivity index (χ1) is 7.63. The Morgan fingerprint density at radius 3 is 2.94 bits per heavy atom. The van der Waals surface area contributed by atoms with E-state index in [1.807, 2.05) is 6.92 Å². The van der Waals surface area contributed by atoms with Crippen LogP contribution >= 0.6 is 0 Å². The van der Waals surface area contributed by atoms with Crippen molar-refractivity contribution in [3.8, 4) is 5.75 Å². The molecule has 1 aromatic rings. The van der Waals surface area contributed by atoms with Crippen LogP contribution in [0.15, 0.2) is 24.3 Å². The molecule has 0 radical (unpaired) electrons. The lowest BCUT2D eigenvalue weighted by Gasteiger charge is -2.14. The summed E-state index contributed by atoms with van der Waals surface area (Å²) in [6.07, 6.45) is 0.407. The van der Waals surface area contributed by atoms with Crippen molar-refractivity contribution in [1.82, 2.24) is 5.32 Å². The molecule has 0 saturated heterocycles. The molecule has 1 atom stereocenters. The summed E-state index contributed by atoms with van der Waals surface area (Å²) < 4.78 is 5.46. The van der Waals surface area contributed by atoms with Crippen molar-refractivity contribution in [2.24, 2.45) is 0 Å². The maximum atomic E-state index is 11.5. The molecule has 1 unspecified atom stereocenters. The first-order valence-corrected chi connectivity index (χ1v) is 5.43. The van der Waals surface area contributed by atoms with Crippen LogP contribution in [-0.4, -0.2) is 18.6 Å². The third kappa shape index (κ3) is 3.81. The molecule has 0 aliphatic carbocycles. The molecule has 0 aromatic heterocycles. The van der Waals surface area contributed by atoms with E-state index in [9.17, 15) is 4.79 Å². The van der Waals surface area contributed by atoms with Crippen LogP contribution in [0, 0.1) is 0 Å². The molecule has 16 heavy (non-hydrogen) atoms. The average Bonchev–Trinajstić information content (AvgIpc) is 2.25. The van der Waals surface area contributed by atoms with Crippen LogP contribution < -0.4 is 15.8 Å². The van der Waals surface area contributed by atoms with Crippen LogP contribution in [0.25, 0.3) is 0 Å². The lowest BCUT2D eigenvalue weighted by atomic mass is 10.3. The molecule has 1 rings (SSSR count). The molecule has 4 nitrogen and oxygen atoms in total. The lowest BCUT2D eigenvalue weighted by molar-refractivity contribution is -0.127. The Hall–Kier alpha value is -1.71. The summed E-state index contributed by atoms with van der Waals surface area (Å²) in [6.45, 7) is 4.39. The van der Waals surface area contributed by atoms with Crippen molar-refractivity contribution >= 4 is 11.6 Å². The minimum absolute atomic E-state index is 0.107. The summed E-state index contributed by atoms with van der Waals surface area (Å²) in [6, 6.07) is 7.04. The molecule has 1 aromatic carbocycles. The first-order valence-electron chi connectivity index (χ1n) is 5.43. The quantitative estimate of drug-likeness (QED) is 0.743. The smallest absolute Gasteiger partial charge is 0.260 e. The number of carbonyl (C=O) groups excluding carboxylic acids is 1. The van der Waals surface area contributed by atoms with Gasteiger partial charge in [-0.05, 0) is 25.5 Å². The molecular formula is C12H18N2O2. The van der Waals surface area contributed by atoms with Gasteiger partial charge >= 0.3 is 0 Å². The van der Waals surface area contributed by atoms with Crippen molar-refractivity contribution < 1.29 is 9.53 Å². The van der Waals surface area contributed by atoms with E-state index in [1.165, 1.54) is 0 Å². The van der Waals surface area contributed by atoms with E-state index >= 15 is 0 Å².